The summed E-state index contributed by atoms with van der Waals surface area (Å²) in [6.07, 6.45) is 0. The molecule has 0 aliphatic rings. The van der Waals surface area contributed by atoms with Crippen LogP contribution in [0.1, 0.15) is 1.43 Å². The summed E-state index contributed by atoms with van der Waals surface area (Å²) in [4.78, 5) is 0. The Balaban J connectivity index is 0. The molecule has 24 valence electrons. The van der Waals surface area contributed by atoms with Crippen LogP contribution in [0.4, 0.5) is 0 Å². The van der Waals surface area contributed by atoms with Gasteiger partial charge in [-0.15, -0.1) is 24.8 Å². The Bertz CT molecular complexity index is 9.61. The Kier molecular flexibility index (Phi) is 240. The molecule has 0 aromatic carbocycles. The molecule has 4 heavy (non-hydrogen) atoms. The number of hydrogen-bond acceptors (Lipinski definition) is 0. The van der Waals surface area contributed by atoms with Gasteiger partial charge >= 0.3 is 18.9 Å². The minimum absolute atomic E-state index is 0. The van der Waals surface area contributed by atoms with Gasteiger partial charge in [0.1, 0.15) is 0 Å². The Morgan fingerprint density at radius 3 is 1.00 bits per heavy atom. The van der Waals surface area contributed by atoms with Gasteiger partial charge in [-0.25, -0.2) is 0 Å². The van der Waals surface area contributed by atoms with E-state index in [1.54, 1.807) is 0 Å². The summed E-state index contributed by atoms with van der Waals surface area (Å²) in [7, 11) is 0. The quantitative estimate of drug-likeness (QED) is 0.288. The Hall–Kier alpha value is 1.71. The third kappa shape index (κ3) is 9.32. The van der Waals surface area contributed by atoms with Crippen molar-refractivity contribution in [2.75, 3.05) is 0 Å². The zero-order valence-corrected chi connectivity index (χ0v) is 3.45. The van der Waals surface area contributed by atoms with E-state index in [0.717, 1.165) is 0 Å². The van der Waals surface area contributed by atoms with E-state index in [-0.39, 0.29) is 62.5 Å². The van der Waals surface area contributed by atoms with E-state index in [9.17, 15) is 0 Å². The van der Waals surface area contributed by atoms with Gasteiger partial charge in [0.25, 0.3) is 0 Å². The van der Waals surface area contributed by atoms with Crippen LogP contribution in [-0.4, -0.2) is 17.4 Å². The maximum Gasteiger partial charge on any atom is 1.00 e. The molecule has 0 amide bonds. The Morgan fingerprint density at radius 2 is 1.00 bits per heavy atom. The van der Waals surface area contributed by atoms with Crippen molar-refractivity contribution in [2.45, 2.75) is 0 Å². The summed E-state index contributed by atoms with van der Waals surface area (Å²) in [5.74, 6) is 0. The topological polar surface area (TPSA) is 0 Å². The largest absolute Gasteiger partial charge is 1.00 e. The first-order valence-corrected chi connectivity index (χ1v) is 0. The van der Waals surface area contributed by atoms with Crippen molar-refractivity contribution in [3.05, 3.63) is 0 Å². The fourth-order valence-corrected chi connectivity index (χ4v) is 0. The third-order valence-corrected chi connectivity index (χ3v) is 0. The molecule has 0 heterocycles. The van der Waals surface area contributed by atoms with Crippen LogP contribution in [0.2, 0.25) is 0 Å². The standard InChI is InChI=1S/Al.2ClH.Li.4H/h;2*1H;;;;;/q;;;+1;;;;-1. The predicted molar refractivity (Wildman–Crippen MR) is 25.5 cm³/mol. The molecule has 0 radical (unpaired) electrons. The summed E-state index contributed by atoms with van der Waals surface area (Å²) in [5, 5.41) is 0. The van der Waals surface area contributed by atoms with E-state index in [2.05, 4.69) is 0 Å². The second-order valence-electron chi connectivity index (χ2n) is 0. The first-order chi connectivity index (χ1) is 0. The van der Waals surface area contributed by atoms with Gasteiger partial charge in [-0.05, 0) is 0 Å². The van der Waals surface area contributed by atoms with Gasteiger partial charge in [0.2, 0.25) is 0 Å². The van der Waals surface area contributed by atoms with Crippen LogP contribution in [0.15, 0.2) is 0 Å². The first kappa shape index (κ1) is 43.3. The summed E-state index contributed by atoms with van der Waals surface area (Å²) >= 11 is 0. The molecule has 0 fully saturated rings. The molecule has 0 saturated heterocycles. The van der Waals surface area contributed by atoms with E-state index in [1.807, 2.05) is 0 Å². The smallest absolute Gasteiger partial charge is 1.00 e. The molecule has 0 bridgehead atoms. The van der Waals surface area contributed by atoms with Crippen molar-refractivity contribution < 1.29 is 20.3 Å². The second-order valence-corrected chi connectivity index (χ2v) is 0. The van der Waals surface area contributed by atoms with Gasteiger partial charge in [0, 0.05) is 0 Å². The number of hydrogen-bond donors (Lipinski definition) is 0. The van der Waals surface area contributed by atoms with Gasteiger partial charge < -0.3 is 1.43 Å². The molecule has 0 saturated carbocycles. The average molecular weight is 111 g/mol. The number of rotatable bonds is 0. The Labute approximate surface area is 62.3 Å². The van der Waals surface area contributed by atoms with Crippen molar-refractivity contribution in [3.8, 4) is 0 Å². The molecule has 0 aliphatic carbocycles. The molecule has 0 aliphatic heterocycles. The minimum atomic E-state index is 0. The van der Waals surface area contributed by atoms with Crippen LogP contribution >= 0.6 is 24.8 Å². The van der Waals surface area contributed by atoms with Crippen LogP contribution in [-0.2, 0) is 0 Å². The summed E-state index contributed by atoms with van der Waals surface area (Å²) in [6, 6.07) is 0. The van der Waals surface area contributed by atoms with E-state index < -0.39 is 0 Å². The van der Waals surface area contributed by atoms with Gasteiger partial charge in [0.05, 0.1) is 0 Å². The summed E-state index contributed by atoms with van der Waals surface area (Å²) < 4.78 is 0. The van der Waals surface area contributed by atoms with Gasteiger partial charge in [-0.3, -0.25) is 0 Å². The van der Waals surface area contributed by atoms with Crippen LogP contribution in [0.3, 0.4) is 0 Å². The third-order valence-electron chi connectivity index (χ3n) is 0. The zero-order chi connectivity index (χ0) is 0. The molecule has 0 aromatic rings. The molecule has 0 nitrogen and oxygen atoms in total. The van der Waals surface area contributed by atoms with Crippen LogP contribution in [0, 0.1) is 0 Å². The molecule has 0 spiro atoms. The van der Waals surface area contributed by atoms with E-state index in [0.29, 0.717) is 0 Å². The van der Waals surface area contributed by atoms with Crippen molar-refractivity contribution in [2.24, 2.45) is 0 Å². The summed E-state index contributed by atoms with van der Waals surface area (Å²) in [6.45, 7) is 0. The monoisotopic (exact) mass is 110 g/mol. The average Bonchev–Trinajstić information content (AvgIpc) is 0. The van der Waals surface area contributed by atoms with Crippen molar-refractivity contribution in [1.29, 1.82) is 0 Å². The van der Waals surface area contributed by atoms with E-state index in [1.165, 1.54) is 0 Å². The molecule has 4 heteroatoms. The van der Waals surface area contributed by atoms with Gasteiger partial charge in [-0.1, -0.05) is 0 Å². The molecular formula is H6AlCl2Li. The minimum Gasteiger partial charge on any atom is -1.00 e. The predicted octanol–water partition coefficient (Wildman–Crippen LogP) is -3.22. The zero-order valence-electron chi connectivity index (χ0n) is 2.82. The van der Waals surface area contributed by atoms with Crippen molar-refractivity contribution >= 4 is 42.2 Å². The fraction of sp³-hybridized carbons (Fsp3) is 0. The van der Waals surface area contributed by atoms with E-state index >= 15 is 0 Å². The first-order valence-electron chi connectivity index (χ1n) is 0. The normalized spacial score (nSPS) is 0. The molecule has 0 unspecified atom stereocenters. The molecule has 0 aromatic heterocycles. The molecular weight excluding hydrogens is 105 g/mol. The maximum absolute atomic E-state index is 0. The SMILES string of the molecule is Cl.Cl.[AlH3].[H-].[Li+]. The molecule has 0 atom stereocenters. The Morgan fingerprint density at radius 1 is 1.00 bits per heavy atom. The molecule has 0 N–H and O–H groups in total. The van der Waals surface area contributed by atoms with Crippen LogP contribution in [0.25, 0.3) is 0 Å². The van der Waals surface area contributed by atoms with Crippen LogP contribution < -0.4 is 18.9 Å². The van der Waals surface area contributed by atoms with Gasteiger partial charge in [-0.2, -0.15) is 0 Å². The maximum atomic E-state index is 0. The number of halogens is 2. The molecule has 0 rings (SSSR count). The van der Waals surface area contributed by atoms with E-state index in [4.69, 9.17) is 0 Å². The van der Waals surface area contributed by atoms with Crippen molar-refractivity contribution in [1.82, 2.24) is 0 Å². The second kappa shape index (κ2) is 22.2. The summed E-state index contributed by atoms with van der Waals surface area (Å²) in [5.41, 5.74) is 0. The van der Waals surface area contributed by atoms with Gasteiger partial charge in [0.15, 0.2) is 17.4 Å². The van der Waals surface area contributed by atoms with Crippen molar-refractivity contribution in [3.63, 3.8) is 0 Å². The fourth-order valence-electron chi connectivity index (χ4n) is 0. The van der Waals surface area contributed by atoms with Crippen LogP contribution in [0.5, 0.6) is 0 Å².